The lowest BCUT2D eigenvalue weighted by atomic mass is 9.59. The molecule has 0 bridgehead atoms. The van der Waals surface area contributed by atoms with Crippen LogP contribution in [0.2, 0.25) is 0 Å². The summed E-state index contributed by atoms with van der Waals surface area (Å²) >= 11 is 0. The van der Waals surface area contributed by atoms with Crippen LogP contribution in [0.25, 0.3) is 0 Å². The fourth-order valence-electron chi connectivity index (χ4n) is 5.04. The third-order valence-electron chi connectivity index (χ3n) is 6.68. The molecule has 174 valence electrons. The van der Waals surface area contributed by atoms with Crippen molar-refractivity contribution in [2.24, 2.45) is 16.7 Å². The smallest absolute Gasteiger partial charge is 0.175 e. The van der Waals surface area contributed by atoms with E-state index in [1.54, 1.807) is 27.7 Å². The van der Waals surface area contributed by atoms with E-state index in [-0.39, 0.29) is 58.3 Å². The number of ether oxygens (including phenoxy) is 1. The quantitative estimate of drug-likeness (QED) is 0.449. The molecule has 1 aromatic rings. The zero-order valence-corrected chi connectivity index (χ0v) is 20.1. The Bertz CT molecular complexity index is 1030. The molecule has 0 fully saturated rings. The topological polar surface area (TPSA) is 101 Å². The van der Waals surface area contributed by atoms with E-state index >= 15 is 0 Å². The first-order chi connectivity index (χ1) is 14.8. The Hall–Kier alpha value is -2.63. The molecule has 1 aliphatic heterocycles. The molecule has 2 N–H and O–H groups in total. The summed E-state index contributed by atoms with van der Waals surface area (Å²) in [6, 6.07) is 1.16. The average Bonchev–Trinajstić information content (AvgIpc) is 2.68. The molecule has 0 saturated heterocycles. The zero-order chi connectivity index (χ0) is 24.2. The van der Waals surface area contributed by atoms with Crippen molar-refractivity contribution in [1.29, 1.82) is 0 Å². The third kappa shape index (κ3) is 3.54. The molecule has 0 aromatic heterocycles. The van der Waals surface area contributed by atoms with E-state index in [9.17, 15) is 24.6 Å². The molecule has 0 amide bonds. The van der Waals surface area contributed by atoms with Gasteiger partial charge in [-0.1, -0.05) is 27.2 Å². The summed E-state index contributed by atoms with van der Waals surface area (Å²) in [5, 5.41) is 21.4. The van der Waals surface area contributed by atoms with Crippen LogP contribution in [0.5, 0.6) is 17.2 Å². The number of unbranched alkanes of at least 4 members (excludes halogenated alkanes) is 1. The van der Waals surface area contributed by atoms with Crippen LogP contribution < -0.4 is 4.74 Å². The molecule has 6 heteroatoms. The number of carbonyl (C=O) groups is 3. The number of carbonyl (C=O) groups excluding carboxylic acids is 3. The maximum Gasteiger partial charge on any atom is 0.175 e. The molecule has 1 aliphatic carbocycles. The number of ketones is 3. The second kappa shape index (κ2) is 8.05. The molecule has 1 atom stereocenters. The number of allylic oxidation sites excluding steroid dienone is 2. The minimum Gasteiger partial charge on any atom is -0.507 e. The fourth-order valence-corrected chi connectivity index (χ4v) is 5.04. The first-order valence-electron chi connectivity index (χ1n) is 11.4. The molecular formula is C26H34O6. The zero-order valence-electron chi connectivity index (χ0n) is 20.1. The Morgan fingerprint density at radius 1 is 1.09 bits per heavy atom. The first-order valence-corrected chi connectivity index (χ1v) is 11.4. The van der Waals surface area contributed by atoms with E-state index < -0.39 is 16.7 Å². The van der Waals surface area contributed by atoms with Gasteiger partial charge in [-0.2, -0.15) is 0 Å². The van der Waals surface area contributed by atoms with Crippen molar-refractivity contribution < 1.29 is 29.3 Å². The predicted molar refractivity (Wildman–Crippen MR) is 121 cm³/mol. The minimum absolute atomic E-state index is 0.00656. The van der Waals surface area contributed by atoms with Crippen LogP contribution in [0.1, 0.15) is 96.0 Å². The highest BCUT2D eigenvalue weighted by atomic mass is 16.5. The molecule has 32 heavy (non-hydrogen) atoms. The van der Waals surface area contributed by atoms with Gasteiger partial charge in [0.2, 0.25) is 0 Å². The molecule has 3 rings (SSSR count). The van der Waals surface area contributed by atoms with E-state index in [0.29, 0.717) is 24.0 Å². The van der Waals surface area contributed by atoms with Gasteiger partial charge in [0, 0.05) is 29.5 Å². The van der Waals surface area contributed by atoms with Crippen LogP contribution in [-0.2, 0) is 9.59 Å². The van der Waals surface area contributed by atoms with Gasteiger partial charge >= 0.3 is 0 Å². The third-order valence-corrected chi connectivity index (χ3v) is 6.68. The Morgan fingerprint density at radius 2 is 1.72 bits per heavy atom. The predicted octanol–water partition coefficient (Wildman–Crippen LogP) is 5.45. The standard InChI is InChI=1S/C26H34O6/c1-8-9-10-15(27)20-17(29)12-16(28)18-14(11-13(2)3)19-22(30)25(4,5)24(31)26(6,7)23(19)32-21(18)20/h12-14,28-29H,8-11H2,1-7H3. The SMILES string of the molecule is CCCCC(=O)c1c(O)cc(O)c2c1OC1=C(C(=O)C(C)(C)C(=O)C1(C)C)C2CC(C)C. The van der Waals surface area contributed by atoms with Gasteiger partial charge < -0.3 is 14.9 Å². The Kier molecular flexibility index (Phi) is 6.05. The van der Waals surface area contributed by atoms with E-state index in [2.05, 4.69) is 0 Å². The van der Waals surface area contributed by atoms with Crippen molar-refractivity contribution in [3.63, 3.8) is 0 Å². The first kappa shape index (κ1) is 24.0. The molecule has 1 aromatic carbocycles. The highest BCUT2D eigenvalue weighted by Crippen LogP contribution is 2.57. The number of benzene rings is 1. The molecule has 0 radical (unpaired) electrons. The maximum absolute atomic E-state index is 13.6. The van der Waals surface area contributed by atoms with Gasteiger partial charge in [0.15, 0.2) is 17.3 Å². The average molecular weight is 443 g/mol. The fraction of sp³-hybridized carbons (Fsp3) is 0.577. The lowest BCUT2D eigenvalue weighted by molar-refractivity contribution is -0.144. The molecule has 0 spiro atoms. The summed E-state index contributed by atoms with van der Waals surface area (Å²) in [7, 11) is 0. The summed E-state index contributed by atoms with van der Waals surface area (Å²) in [5.74, 6) is -1.55. The van der Waals surface area contributed by atoms with Gasteiger partial charge in [0.05, 0.1) is 10.8 Å². The Labute approximate surface area is 189 Å². The number of hydrogen-bond acceptors (Lipinski definition) is 6. The van der Waals surface area contributed by atoms with Crippen molar-refractivity contribution in [1.82, 2.24) is 0 Å². The van der Waals surface area contributed by atoms with Gasteiger partial charge in [-0.15, -0.1) is 0 Å². The summed E-state index contributed by atoms with van der Waals surface area (Å²) in [6.45, 7) is 12.7. The summed E-state index contributed by atoms with van der Waals surface area (Å²) < 4.78 is 6.19. The van der Waals surface area contributed by atoms with Crippen molar-refractivity contribution in [2.75, 3.05) is 0 Å². The molecular weight excluding hydrogens is 408 g/mol. The van der Waals surface area contributed by atoms with E-state index in [1.165, 1.54) is 0 Å². The maximum atomic E-state index is 13.6. The van der Waals surface area contributed by atoms with Crippen molar-refractivity contribution in [3.05, 3.63) is 28.5 Å². The largest absolute Gasteiger partial charge is 0.507 e. The lowest BCUT2D eigenvalue weighted by Crippen LogP contribution is -2.51. The second-order valence-corrected chi connectivity index (χ2v) is 10.5. The molecule has 1 unspecified atom stereocenters. The van der Waals surface area contributed by atoms with E-state index in [0.717, 1.165) is 12.5 Å². The molecule has 0 saturated carbocycles. The van der Waals surface area contributed by atoms with Crippen LogP contribution in [0.3, 0.4) is 0 Å². The number of aromatic hydroxyl groups is 2. The number of phenols is 2. The molecule has 1 heterocycles. The van der Waals surface area contributed by atoms with E-state index in [4.69, 9.17) is 4.74 Å². The van der Waals surface area contributed by atoms with Crippen molar-refractivity contribution in [2.45, 2.75) is 80.1 Å². The van der Waals surface area contributed by atoms with Crippen LogP contribution in [0.15, 0.2) is 17.4 Å². The highest BCUT2D eigenvalue weighted by Gasteiger charge is 2.57. The normalized spacial score (nSPS) is 21.3. The summed E-state index contributed by atoms with van der Waals surface area (Å²) in [6.07, 6.45) is 2.19. The number of Topliss-reactive ketones (excluding diaryl/α,β-unsaturated/α-hetero) is 3. The van der Waals surface area contributed by atoms with Crippen LogP contribution >= 0.6 is 0 Å². The monoisotopic (exact) mass is 442 g/mol. The van der Waals surface area contributed by atoms with Crippen molar-refractivity contribution >= 4 is 17.3 Å². The second-order valence-electron chi connectivity index (χ2n) is 10.5. The van der Waals surface area contributed by atoms with Gasteiger partial charge in [0.25, 0.3) is 0 Å². The minimum atomic E-state index is -1.23. The number of fused-ring (bicyclic) bond motifs is 1. The van der Waals surface area contributed by atoms with Crippen LogP contribution in [0, 0.1) is 16.7 Å². The Morgan fingerprint density at radius 3 is 2.28 bits per heavy atom. The van der Waals surface area contributed by atoms with Gasteiger partial charge in [-0.25, -0.2) is 0 Å². The van der Waals surface area contributed by atoms with Crippen molar-refractivity contribution in [3.8, 4) is 17.2 Å². The number of rotatable bonds is 6. The van der Waals surface area contributed by atoms with Gasteiger partial charge in [-0.05, 0) is 46.5 Å². The van der Waals surface area contributed by atoms with Crippen LogP contribution in [0.4, 0.5) is 0 Å². The highest BCUT2D eigenvalue weighted by molar-refractivity contribution is 6.20. The van der Waals surface area contributed by atoms with Gasteiger partial charge in [0.1, 0.15) is 28.6 Å². The number of hydrogen-bond donors (Lipinski definition) is 2. The molecule has 6 nitrogen and oxygen atoms in total. The van der Waals surface area contributed by atoms with Crippen LogP contribution in [-0.4, -0.2) is 27.6 Å². The van der Waals surface area contributed by atoms with Gasteiger partial charge in [-0.3, -0.25) is 14.4 Å². The summed E-state index contributed by atoms with van der Waals surface area (Å²) in [5.41, 5.74) is -1.61. The van der Waals surface area contributed by atoms with E-state index in [1.807, 2.05) is 20.8 Å². The number of phenolic OH excluding ortho intramolecular Hbond substituents is 2. The summed E-state index contributed by atoms with van der Waals surface area (Å²) in [4.78, 5) is 39.8. The molecule has 2 aliphatic rings. The lowest BCUT2D eigenvalue weighted by Gasteiger charge is -2.45. The Balaban J connectivity index is 2.35.